The summed E-state index contributed by atoms with van der Waals surface area (Å²) in [5.41, 5.74) is 1.48. The predicted octanol–water partition coefficient (Wildman–Crippen LogP) is 4.20. The molecule has 0 radical (unpaired) electrons. The number of halogens is 3. The van der Waals surface area contributed by atoms with Gasteiger partial charge in [0.05, 0.1) is 19.3 Å². The van der Waals surface area contributed by atoms with E-state index in [2.05, 4.69) is 29.7 Å². The Morgan fingerprint density at radius 1 is 1.09 bits per heavy atom. The molecule has 180 valence electrons. The van der Waals surface area contributed by atoms with Crippen LogP contribution in [0, 0.1) is 0 Å². The maximum absolute atomic E-state index is 12.5. The molecule has 2 aromatic heterocycles. The molecule has 1 aromatic carbocycles. The van der Waals surface area contributed by atoms with Crippen molar-refractivity contribution in [3.05, 3.63) is 54.0 Å². The maximum Gasteiger partial charge on any atom is 0.573 e. The Balaban J connectivity index is 1.27. The lowest BCUT2D eigenvalue weighted by molar-refractivity contribution is -0.274. The minimum atomic E-state index is -4.72. The number of rotatable bonds is 6. The van der Waals surface area contributed by atoms with Gasteiger partial charge in [-0.05, 0) is 49.2 Å². The predicted molar refractivity (Wildman–Crippen MR) is 116 cm³/mol. The Hall–Kier alpha value is -3.18. The second kappa shape index (κ2) is 9.59. The number of aromatic nitrogens is 3. The fourth-order valence-corrected chi connectivity index (χ4v) is 4.36. The lowest BCUT2D eigenvalue weighted by Crippen LogP contribution is -2.36. The highest BCUT2D eigenvalue weighted by Crippen LogP contribution is 2.34. The molecule has 2 aliphatic rings. The lowest BCUT2D eigenvalue weighted by atomic mass is 10.1. The van der Waals surface area contributed by atoms with Gasteiger partial charge in [0.15, 0.2) is 0 Å². The first kappa shape index (κ1) is 22.6. The summed E-state index contributed by atoms with van der Waals surface area (Å²) in [6.45, 7) is 4.23. The van der Waals surface area contributed by atoms with Gasteiger partial charge in [-0.1, -0.05) is 17.3 Å². The third-order valence-electron chi connectivity index (χ3n) is 5.95. The van der Waals surface area contributed by atoms with Crippen molar-refractivity contribution in [2.45, 2.75) is 31.8 Å². The second-order valence-electron chi connectivity index (χ2n) is 8.28. The molecule has 5 rings (SSSR count). The Kier molecular flexibility index (Phi) is 6.38. The van der Waals surface area contributed by atoms with E-state index >= 15 is 0 Å². The molecule has 4 heterocycles. The van der Waals surface area contributed by atoms with Crippen LogP contribution in [0.5, 0.6) is 5.75 Å². The molecule has 34 heavy (non-hydrogen) atoms. The Labute approximate surface area is 194 Å². The summed E-state index contributed by atoms with van der Waals surface area (Å²) in [4.78, 5) is 13.4. The van der Waals surface area contributed by atoms with Crippen LogP contribution < -0.4 is 9.64 Å². The number of nitrogens with zero attached hydrogens (tertiary/aromatic N) is 5. The van der Waals surface area contributed by atoms with Crippen LogP contribution in [0.4, 0.5) is 19.0 Å². The number of pyridine rings is 1. The fraction of sp³-hybridized carbons (Fsp3) is 0.435. The zero-order valence-corrected chi connectivity index (χ0v) is 18.4. The number of ether oxygens (including phenoxy) is 2. The van der Waals surface area contributed by atoms with Gasteiger partial charge in [-0.2, -0.15) is 4.98 Å². The van der Waals surface area contributed by atoms with Crippen molar-refractivity contribution in [3.8, 4) is 17.1 Å². The number of hydrogen-bond donors (Lipinski definition) is 0. The number of likely N-dealkylation sites (tertiary alicyclic amines) is 1. The smallest absolute Gasteiger partial charge is 0.406 e. The van der Waals surface area contributed by atoms with Crippen molar-refractivity contribution in [1.82, 2.24) is 20.0 Å². The van der Waals surface area contributed by atoms with Crippen LogP contribution in [0.25, 0.3) is 11.4 Å². The maximum atomic E-state index is 12.5. The zero-order chi connectivity index (χ0) is 23.5. The minimum Gasteiger partial charge on any atom is -0.406 e. The third-order valence-corrected chi connectivity index (χ3v) is 5.95. The molecule has 0 unspecified atom stereocenters. The van der Waals surface area contributed by atoms with E-state index in [0.717, 1.165) is 49.4 Å². The normalized spacial score (nSPS) is 19.5. The molecule has 8 nitrogen and oxygen atoms in total. The van der Waals surface area contributed by atoms with E-state index in [1.807, 2.05) is 12.1 Å². The zero-order valence-electron chi connectivity index (χ0n) is 18.4. The average Bonchev–Trinajstić information content (AvgIpc) is 3.48. The van der Waals surface area contributed by atoms with Crippen LogP contribution >= 0.6 is 0 Å². The van der Waals surface area contributed by atoms with E-state index in [9.17, 15) is 13.2 Å². The molecule has 2 fully saturated rings. The van der Waals surface area contributed by atoms with Crippen LogP contribution in [-0.4, -0.2) is 59.2 Å². The highest BCUT2D eigenvalue weighted by atomic mass is 19.4. The average molecular weight is 475 g/mol. The monoisotopic (exact) mass is 475 g/mol. The number of alkyl halides is 3. The molecule has 2 aliphatic heterocycles. The highest BCUT2D eigenvalue weighted by Gasteiger charge is 2.32. The molecule has 1 atom stereocenters. The SMILES string of the molecule is FC(F)(F)Oc1cccc(CN2CCC[C@H]2c2nc(-c3ccc(N4CCOCC4)nc3)no2)c1. The Bertz CT molecular complexity index is 1100. The standard InChI is InChI=1S/C23H24F3N5O3/c24-23(25,26)33-18-4-1-3-16(13-18)15-31-8-2-5-19(31)22-28-21(29-34-22)17-6-7-20(27-14-17)30-9-11-32-12-10-30/h1,3-4,6-7,13-14,19H,2,5,8-12,15H2/t19-/m0/s1. The summed E-state index contributed by atoms with van der Waals surface area (Å²) in [5.74, 6) is 1.61. The van der Waals surface area contributed by atoms with E-state index < -0.39 is 6.36 Å². The fourth-order valence-electron chi connectivity index (χ4n) is 4.36. The first-order chi connectivity index (χ1) is 16.4. The van der Waals surface area contributed by atoms with Crippen molar-refractivity contribution in [2.24, 2.45) is 0 Å². The Morgan fingerprint density at radius 2 is 1.94 bits per heavy atom. The van der Waals surface area contributed by atoms with Crippen LogP contribution in [0.3, 0.4) is 0 Å². The van der Waals surface area contributed by atoms with Gasteiger partial charge >= 0.3 is 6.36 Å². The second-order valence-corrected chi connectivity index (χ2v) is 8.28. The number of hydrogen-bond acceptors (Lipinski definition) is 8. The molecular weight excluding hydrogens is 451 g/mol. The van der Waals surface area contributed by atoms with Crippen LogP contribution in [-0.2, 0) is 11.3 Å². The highest BCUT2D eigenvalue weighted by molar-refractivity contribution is 5.56. The van der Waals surface area contributed by atoms with Crippen LogP contribution in [0.2, 0.25) is 0 Å². The number of benzene rings is 1. The van der Waals surface area contributed by atoms with E-state index in [0.29, 0.717) is 31.5 Å². The van der Waals surface area contributed by atoms with Gasteiger partial charge in [0.2, 0.25) is 11.7 Å². The van der Waals surface area contributed by atoms with Gasteiger partial charge in [-0.25, -0.2) is 4.98 Å². The number of anilines is 1. The van der Waals surface area contributed by atoms with Crippen LogP contribution in [0.15, 0.2) is 47.1 Å². The van der Waals surface area contributed by atoms with Gasteiger partial charge < -0.3 is 18.9 Å². The molecule has 0 bridgehead atoms. The molecule has 2 saturated heterocycles. The molecular formula is C23H24F3N5O3. The van der Waals surface area contributed by atoms with E-state index in [4.69, 9.17) is 9.26 Å². The van der Waals surface area contributed by atoms with Crippen LogP contribution in [0.1, 0.15) is 30.3 Å². The van der Waals surface area contributed by atoms with Gasteiger partial charge in [-0.15, -0.1) is 13.2 Å². The van der Waals surface area contributed by atoms with Crippen molar-refractivity contribution < 1.29 is 27.2 Å². The third kappa shape index (κ3) is 5.31. The lowest BCUT2D eigenvalue weighted by Gasteiger charge is -2.27. The summed E-state index contributed by atoms with van der Waals surface area (Å²) < 4.78 is 52.6. The molecule has 0 aliphatic carbocycles. The summed E-state index contributed by atoms with van der Waals surface area (Å²) in [7, 11) is 0. The van der Waals surface area contributed by atoms with Crippen molar-refractivity contribution >= 4 is 5.82 Å². The van der Waals surface area contributed by atoms with E-state index in [-0.39, 0.29) is 11.8 Å². The molecule has 11 heteroatoms. The first-order valence-corrected chi connectivity index (χ1v) is 11.2. The summed E-state index contributed by atoms with van der Waals surface area (Å²) >= 11 is 0. The number of morpholine rings is 1. The summed E-state index contributed by atoms with van der Waals surface area (Å²) in [6.07, 6.45) is -1.23. The van der Waals surface area contributed by atoms with Gasteiger partial charge in [0.25, 0.3) is 0 Å². The minimum absolute atomic E-state index is 0.103. The topological polar surface area (TPSA) is 76.8 Å². The van der Waals surface area contributed by atoms with E-state index in [1.54, 1.807) is 18.3 Å². The first-order valence-electron chi connectivity index (χ1n) is 11.2. The molecule has 0 amide bonds. The molecule has 0 N–H and O–H groups in total. The summed E-state index contributed by atoms with van der Waals surface area (Å²) in [6, 6.07) is 9.79. The Morgan fingerprint density at radius 3 is 2.71 bits per heavy atom. The van der Waals surface area contributed by atoms with Crippen molar-refractivity contribution in [3.63, 3.8) is 0 Å². The molecule has 0 spiro atoms. The molecule has 0 saturated carbocycles. The largest absolute Gasteiger partial charge is 0.573 e. The quantitative estimate of drug-likeness (QED) is 0.525. The summed E-state index contributed by atoms with van der Waals surface area (Å²) in [5, 5.41) is 4.14. The van der Waals surface area contributed by atoms with Gasteiger partial charge in [0.1, 0.15) is 11.6 Å². The van der Waals surface area contributed by atoms with Gasteiger partial charge in [0, 0.05) is 31.4 Å². The van der Waals surface area contributed by atoms with E-state index in [1.165, 1.54) is 12.1 Å². The van der Waals surface area contributed by atoms with Crippen molar-refractivity contribution in [2.75, 3.05) is 37.7 Å². The van der Waals surface area contributed by atoms with Gasteiger partial charge in [-0.3, -0.25) is 4.90 Å². The van der Waals surface area contributed by atoms with Crippen molar-refractivity contribution in [1.29, 1.82) is 0 Å². The molecule has 3 aromatic rings.